The molecule has 3 aromatic heterocycles. The highest BCUT2D eigenvalue weighted by molar-refractivity contribution is 7.91. The van der Waals surface area contributed by atoms with Gasteiger partial charge in [-0.25, -0.2) is 31.6 Å². The Kier molecular flexibility index (Phi) is 8.31. The van der Waals surface area contributed by atoms with Crippen LogP contribution in [-0.4, -0.2) is 67.4 Å². The minimum absolute atomic E-state index is 0.00422. The molecule has 0 aliphatic carbocycles. The second kappa shape index (κ2) is 12.3. The van der Waals surface area contributed by atoms with E-state index in [-0.39, 0.29) is 41.4 Å². The number of pyridine rings is 1. The second-order valence-electron chi connectivity index (χ2n) is 13.0. The lowest BCUT2D eigenvalue weighted by Crippen LogP contribution is -2.39. The van der Waals surface area contributed by atoms with Crippen molar-refractivity contribution in [3.8, 4) is 0 Å². The van der Waals surface area contributed by atoms with Crippen LogP contribution in [0, 0.1) is 11.7 Å². The first-order valence-corrected chi connectivity index (χ1v) is 18.0. The number of nitrogens with one attached hydrogen (secondary N) is 1. The van der Waals surface area contributed by atoms with Crippen molar-refractivity contribution in [1.29, 1.82) is 0 Å². The van der Waals surface area contributed by atoms with E-state index in [1.807, 2.05) is 6.20 Å². The van der Waals surface area contributed by atoms with Gasteiger partial charge in [-0.3, -0.25) is 18.9 Å². The van der Waals surface area contributed by atoms with Gasteiger partial charge in [0.05, 0.1) is 34.2 Å². The number of hydrogen-bond acceptors (Lipinski definition) is 9. The van der Waals surface area contributed by atoms with Crippen molar-refractivity contribution in [2.24, 2.45) is 5.92 Å². The summed E-state index contributed by atoms with van der Waals surface area (Å²) in [5.41, 5.74) is 0.757. The molecule has 7 heterocycles. The fourth-order valence-electron chi connectivity index (χ4n) is 7.26. The van der Waals surface area contributed by atoms with E-state index >= 15 is 13.2 Å². The fourth-order valence-corrected chi connectivity index (χ4v) is 8.75. The number of nitrogens with zero attached hydrogens (tertiary/aromatic N) is 7. The molecule has 11 nitrogen and oxygen atoms in total. The Morgan fingerprint density at radius 3 is 2.53 bits per heavy atom. The maximum atomic E-state index is 16.0. The third-order valence-corrected chi connectivity index (χ3v) is 11.7. The van der Waals surface area contributed by atoms with Crippen LogP contribution >= 0.6 is 0 Å². The number of halogens is 3. The smallest absolute Gasteiger partial charge is 0.278 e. The topological polar surface area (TPSA) is 128 Å². The van der Waals surface area contributed by atoms with Gasteiger partial charge < -0.3 is 5.32 Å². The lowest BCUT2D eigenvalue weighted by Gasteiger charge is -2.36. The van der Waals surface area contributed by atoms with Gasteiger partial charge in [0.1, 0.15) is 33.4 Å². The Bertz CT molecular complexity index is 1960. The SMILES string of the molecule is C[C@H]1Nc2ncnc3c2cc(C2CCS(=O)(=O)CC2)c(=O)n3CCCn2cc(nn2)CN2CCC(CC2)C(F)(F)c2cccc1c2F. The summed E-state index contributed by atoms with van der Waals surface area (Å²) in [6.07, 6.45) is 4.75. The Morgan fingerprint density at radius 2 is 1.77 bits per heavy atom. The first-order valence-electron chi connectivity index (χ1n) is 16.1. The molecule has 47 heavy (non-hydrogen) atoms. The zero-order valence-corrected chi connectivity index (χ0v) is 26.9. The van der Waals surface area contributed by atoms with E-state index in [1.54, 1.807) is 22.2 Å². The predicted octanol–water partition coefficient (Wildman–Crippen LogP) is 4.40. The summed E-state index contributed by atoms with van der Waals surface area (Å²) in [5.74, 6) is -5.30. The van der Waals surface area contributed by atoms with E-state index in [0.29, 0.717) is 80.1 Å². The van der Waals surface area contributed by atoms with Crippen LogP contribution in [0.1, 0.15) is 73.4 Å². The van der Waals surface area contributed by atoms with E-state index in [2.05, 4.69) is 30.5 Å². The van der Waals surface area contributed by atoms with Gasteiger partial charge in [0.2, 0.25) is 0 Å². The molecule has 4 aliphatic heterocycles. The van der Waals surface area contributed by atoms with Crippen molar-refractivity contribution in [2.45, 2.75) is 76.5 Å². The molecule has 10 bridgehead atoms. The van der Waals surface area contributed by atoms with E-state index in [1.165, 1.54) is 24.5 Å². The number of rotatable bonds is 1. The standard InChI is InChI=1S/C32H37F3N8O3S/c1-20-24-4-2-5-27(28(24)33)32(34,35)22-6-12-41(13-7-22)17-23-18-42(40-39-23)10-3-11-43-30-26(29(38-20)36-19-37-30)16-25(31(43)44)21-8-14-47(45,46)15-9-21/h2,4-5,16,18-22H,3,6-15,17H2,1H3,(H,36,37,38)/t20-/m1/s1. The number of anilines is 1. The van der Waals surface area contributed by atoms with Crippen molar-refractivity contribution in [2.75, 3.05) is 29.9 Å². The minimum Gasteiger partial charge on any atom is -0.363 e. The Balaban J connectivity index is 1.33. The van der Waals surface area contributed by atoms with E-state index < -0.39 is 39.1 Å². The quantitative estimate of drug-likeness (QED) is 0.314. The molecular formula is C32H37F3N8O3S. The molecule has 15 heteroatoms. The van der Waals surface area contributed by atoms with Crippen molar-refractivity contribution in [1.82, 2.24) is 34.4 Å². The van der Waals surface area contributed by atoms with Gasteiger partial charge in [-0.2, -0.15) is 0 Å². The highest BCUT2D eigenvalue weighted by Crippen LogP contribution is 2.44. The first kappa shape index (κ1) is 31.7. The minimum atomic E-state index is -3.37. The van der Waals surface area contributed by atoms with Crippen LogP contribution in [0.5, 0.6) is 0 Å². The normalized spacial score (nSPS) is 24.9. The summed E-state index contributed by atoms with van der Waals surface area (Å²) in [6, 6.07) is 5.06. The Morgan fingerprint density at radius 1 is 1.00 bits per heavy atom. The third kappa shape index (κ3) is 6.15. The molecule has 0 spiro atoms. The van der Waals surface area contributed by atoms with Gasteiger partial charge in [0.15, 0.2) is 0 Å². The van der Waals surface area contributed by atoms with Gasteiger partial charge in [0.25, 0.3) is 11.5 Å². The van der Waals surface area contributed by atoms with E-state index in [4.69, 9.17) is 0 Å². The molecule has 0 amide bonds. The van der Waals surface area contributed by atoms with Gasteiger partial charge in [-0.05, 0) is 64.1 Å². The van der Waals surface area contributed by atoms with Crippen LogP contribution in [0.3, 0.4) is 0 Å². The van der Waals surface area contributed by atoms with Crippen LogP contribution in [-0.2, 0) is 35.4 Å². The summed E-state index contributed by atoms with van der Waals surface area (Å²) in [4.78, 5) is 24.9. The number of alkyl halides is 2. The molecular weight excluding hydrogens is 633 g/mol. The van der Waals surface area contributed by atoms with Gasteiger partial charge in [0, 0.05) is 42.9 Å². The molecule has 2 fully saturated rings. The predicted molar refractivity (Wildman–Crippen MR) is 169 cm³/mol. The second-order valence-corrected chi connectivity index (χ2v) is 15.3. The summed E-state index contributed by atoms with van der Waals surface area (Å²) in [7, 11) is -3.16. The highest BCUT2D eigenvalue weighted by Gasteiger charge is 2.45. The Hall–Kier alpha value is -3.85. The summed E-state index contributed by atoms with van der Waals surface area (Å²) < 4.78 is 75.6. The number of fused-ring (bicyclic) bond motifs is 5. The molecule has 250 valence electrons. The van der Waals surface area contributed by atoms with Gasteiger partial charge >= 0.3 is 0 Å². The highest BCUT2D eigenvalue weighted by atomic mass is 32.2. The van der Waals surface area contributed by atoms with Crippen LogP contribution in [0.4, 0.5) is 19.0 Å². The fraction of sp³-hybridized carbons (Fsp3) is 0.531. The van der Waals surface area contributed by atoms with Crippen molar-refractivity contribution < 1.29 is 21.6 Å². The molecule has 1 N–H and O–H groups in total. The third-order valence-electron chi connectivity index (χ3n) is 9.95. The zero-order valence-electron chi connectivity index (χ0n) is 26.1. The lowest BCUT2D eigenvalue weighted by molar-refractivity contribution is -0.0886. The lowest BCUT2D eigenvalue weighted by atomic mass is 9.85. The summed E-state index contributed by atoms with van der Waals surface area (Å²) in [5, 5.41) is 12.2. The van der Waals surface area contributed by atoms with Crippen LogP contribution in [0.25, 0.3) is 11.0 Å². The molecule has 0 saturated carbocycles. The van der Waals surface area contributed by atoms with Crippen molar-refractivity contribution in [3.05, 3.63) is 75.3 Å². The van der Waals surface area contributed by atoms with Crippen LogP contribution in [0.15, 0.2) is 41.6 Å². The molecule has 2 saturated heterocycles. The average molecular weight is 671 g/mol. The van der Waals surface area contributed by atoms with Crippen LogP contribution in [0.2, 0.25) is 0 Å². The molecule has 8 rings (SSSR count). The molecule has 4 aliphatic rings. The average Bonchev–Trinajstić information content (AvgIpc) is 3.49. The number of benzene rings is 1. The van der Waals surface area contributed by atoms with E-state index in [9.17, 15) is 13.2 Å². The summed E-state index contributed by atoms with van der Waals surface area (Å²) in [6.45, 7) is 3.79. The summed E-state index contributed by atoms with van der Waals surface area (Å²) >= 11 is 0. The maximum absolute atomic E-state index is 16.0. The number of aromatic nitrogens is 6. The molecule has 0 radical (unpaired) electrons. The van der Waals surface area contributed by atoms with Crippen molar-refractivity contribution in [3.63, 3.8) is 0 Å². The first-order chi connectivity index (χ1) is 22.5. The zero-order chi connectivity index (χ0) is 32.9. The van der Waals surface area contributed by atoms with Crippen molar-refractivity contribution >= 4 is 26.7 Å². The maximum Gasteiger partial charge on any atom is 0.278 e. The monoisotopic (exact) mass is 670 g/mol. The van der Waals surface area contributed by atoms with Gasteiger partial charge in [-0.1, -0.05) is 23.4 Å². The van der Waals surface area contributed by atoms with Crippen LogP contribution < -0.4 is 10.9 Å². The Labute approximate surface area is 270 Å². The van der Waals surface area contributed by atoms with Gasteiger partial charge in [-0.15, -0.1) is 5.10 Å². The number of hydrogen-bond donors (Lipinski definition) is 1. The molecule has 4 aromatic rings. The number of sulfone groups is 1. The molecule has 1 atom stereocenters. The van der Waals surface area contributed by atoms with E-state index in [0.717, 1.165) is 0 Å². The number of aryl methyl sites for hydroxylation is 2. The number of piperidine rings is 1. The molecule has 0 unspecified atom stereocenters. The molecule has 1 aromatic carbocycles. The largest absolute Gasteiger partial charge is 0.363 e.